The van der Waals surface area contributed by atoms with E-state index in [2.05, 4.69) is 12.2 Å². The van der Waals surface area contributed by atoms with Crippen LogP contribution in [0.2, 0.25) is 0 Å². The fourth-order valence-corrected chi connectivity index (χ4v) is 1.80. The van der Waals surface area contributed by atoms with Crippen molar-refractivity contribution in [2.45, 2.75) is 25.8 Å². The predicted octanol–water partition coefficient (Wildman–Crippen LogP) is 1.53. The van der Waals surface area contributed by atoms with Gasteiger partial charge in [-0.1, -0.05) is 0 Å². The molecule has 1 aromatic carbocycles. The minimum absolute atomic E-state index is 0.355. The molecular weight excluding hydrogens is 176 g/mol. The lowest BCUT2D eigenvalue weighted by Crippen LogP contribution is -2.22. The zero-order chi connectivity index (χ0) is 10.1. The fourth-order valence-electron chi connectivity index (χ4n) is 1.80. The molecule has 1 aliphatic heterocycles. The van der Waals surface area contributed by atoms with E-state index in [1.54, 1.807) is 6.07 Å². The number of carbonyl (C=O) groups excluding carboxylic acids is 1. The lowest BCUT2D eigenvalue weighted by atomic mass is 9.97. The van der Waals surface area contributed by atoms with Crippen LogP contribution in [0.1, 0.15) is 29.3 Å². The van der Waals surface area contributed by atoms with E-state index in [9.17, 15) is 4.79 Å². The Morgan fingerprint density at radius 1 is 1.57 bits per heavy atom. The van der Waals surface area contributed by atoms with E-state index >= 15 is 0 Å². The van der Waals surface area contributed by atoms with E-state index in [-0.39, 0.29) is 5.91 Å². The largest absolute Gasteiger partial charge is 0.382 e. The molecule has 3 nitrogen and oxygen atoms in total. The molecule has 0 bridgehead atoms. The van der Waals surface area contributed by atoms with Crippen LogP contribution >= 0.6 is 0 Å². The summed E-state index contributed by atoms with van der Waals surface area (Å²) in [6, 6.07) is 6.11. The van der Waals surface area contributed by atoms with Crippen molar-refractivity contribution >= 4 is 11.6 Å². The number of hydrogen-bond donors (Lipinski definition) is 2. The highest BCUT2D eigenvalue weighted by Crippen LogP contribution is 2.25. The molecule has 0 aliphatic carbocycles. The Hall–Kier alpha value is -1.51. The number of primary amides is 1. The van der Waals surface area contributed by atoms with Gasteiger partial charge in [-0.3, -0.25) is 4.79 Å². The van der Waals surface area contributed by atoms with Gasteiger partial charge in [-0.25, -0.2) is 0 Å². The predicted molar refractivity (Wildman–Crippen MR) is 56.4 cm³/mol. The highest BCUT2D eigenvalue weighted by molar-refractivity contribution is 5.93. The number of carbonyl (C=O) groups is 1. The Labute approximate surface area is 83.3 Å². The van der Waals surface area contributed by atoms with Gasteiger partial charge in [-0.2, -0.15) is 0 Å². The molecule has 2 rings (SSSR count). The Kier molecular flexibility index (Phi) is 2.15. The molecule has 3 N–H and O–H groups in total. The molecule has 3 heteroatoms. The van der Waals surface area contributed by atoms with Crippen LogP contribution in [-0.2, 0) is 6.42 Å². The van der Waals surface area contributed by atoms with Gasteiger partial charge in [0.2, 0.25) is 5.91 Å². The number of rotatable bonds is 1. The molecule has 1 aliphatic rings. The monoisotopic (exact) mass is 190 g/mol. The van der Waals surface area contributed by atoms with Crippen LogP contribution in [0, 0.1) is 0 Å². The van der Waals surface area contributed by atoms with Crippen molar-refractivity contribution in [3.8, 4) is 0 Å². The molecule has 74 valence electrons. The molecule has 0 saturated heterocycles. The number of hydrogen-bond acceptors (Lipinski definition) is 2. The van der Waals surface area contributed by atoms with Crippen LogP contribution in [0.5, 0.6) is 0 Å². The van der Waals surface area contributed by atoms with Crippen molar-refractivity contribution in [3.63, 3.8) is 0 Å². The van der Waals surface area contributed by atoms with Crippen molar-refractivity contribution in [1.29, 1.82) is 0 Å². The molecule has 0 saturated carbocycles. The Bertz CT molecular complexity index is 374. The maximum Gasteiger partial charge on any atom is 0.248 e. The Morgan fingerprint density at radius 2 is 2.36 bits per heavy atom. The SMILES string of the molecule is C[C@H]1CCc2cc(C(N)=O)ccc2N1. The normalized spacial score (nSPS) is 19.6. The summed E-state index contributed by atoms with van der Waals surface area (Å²) in [5.41, 5.74) is 8.14. The van der Waals surface area contributed by atoms with Gasteiger partial charge in [0, 0.05) is 17.3 Å². The molecule has 1 amide bonds. The van der Waals surface area contributed by atoms with Gasteiger partial charge in [0.05, 0.1) is 0 Å². The summed E-state index contributed by atoms with van der Waals surface area (Å²) >= 11 is 0. The van der Waals surface area contributed by atoms with E-state index < -0.39 is 0 Å². The molecule has 14 heavy (non-hydrogen) atoms. The van der Waals surface area contributed by atoms with E-state index in [4.69, 9.17) is 5.73 Å². The smallest absolute Gasteiger partial charge is 0.248 e. The molecule has 0 unspecified atom stereocenters. The first-order valence-corrected chi connectivity index (χ1v) is 4.86. The van der Waals surface area contributed by atoms with Crippen molar-refractivity contribution in [1.82, 2.24) is 0 Å². The third-order valence-electron chi connectivity index (χ3n) is 2.64. The maximum atomic E-state index is 11.0. The van der Waals surface area contributed by atoms with Crippen LogP contribution < -0.4 is 11.1 Å². The van der Waals surface area contributed by atoms with Gasteiger partial charge >= 0.3 is 0 Å². The van der Waals surface area contributed by atoms with Crippen molar-refractivity contribution in [2.24, 2.45) is 5.73 Å². The van der Waals surface area contributed by atoms with Gasteiger partial charge in [0.15, 0.2) is 0 Å². The molecule has 1 heterocycles. The zero-order valence-electron chi connectivity index (χ0n) is 8.21. The highest BCUT2D eigenvalue weighted by atomic mass is 16.1. The Morgan fingerprint density at radius 3 is 3.07 bits per heavy atom. The second-order valence-electron chi connectivity index (χ2n) is 3.82. The number of amides is 1. The first kappa shape index (κ1) is 9.06. The molecule has 1 aromatic rings. The molecule has 0 spiro atoms. The van der Waals surface area contributed by atoms with Crippen LogP contribution in [0.4, 0.5) is 5.69 Å². The van der Waals surface area contributed by atoms with Gasteiger partial charge in [-0.15, -0.1) is 0 Å². The minimum atomic E-state index is -0.355. The second-order valence-corrected chi connectivity index (χ2v) is 3.82. The van der Waals surface area contributed by atoms with Crippen LogP contribution in [0.3, 0.4) is 0 Å². The summed E-state index contributed by atoms with van der Waals surface area (Å²) in [6.07, 6.45) is 2.12. The van der Waals surface area contributed by atoms with Gasteiger partial charge in [0.25, 0.3) is 0 Å². The summed E-state index contributed by atoms with van der Waals surface area (Å²) in [6.45, 7) is 2.16. The van der Waals surface area contributed by atoms with Crippen LogP contribution in [0.25, 0.3) is 0 Å². The Balaban J connectivity index is 2.36. The van der Waals surface area contributed by atoms with Gasteiger partial charge in [-0.05, 0) is 43.5 Å². The number of benzene rings is 1. The number of fused-ring (bicyclic) bond motifs is 1. The highest BCUT2D eigenvalue weighted by Gasteiger charge is 2.14. The lowest BCUT2D eigenvalue weighted by molar-refractivity contribution is 0.1000. The quantitative estimate of drug-likeness (QED) is 0.705. The van der Waals surface area contributed by atoms with E-state index in [0.717, 1.165) is 18.5 Å². The van der Waals surface area contributed by atoms with Crippen molar-refractivity contribution in [2.75, 3.05) is 5.32 Å². The summed E-state index contributed by atoms with van der Waals surface area (Å²) < 4.78 is 0. The van der Waals surface area contributed by atoms with Gasteiger partial charge < -0.3 is 11.1 Å². The van der Waals surface area contributed by atoms with E-state index in [1.165, 1.54) is 5.56 Å². The summed E-state index contributed by atoms with van der Waals surface area (Å²) in [5.74, 6) is -0.355. The van der Waals surface area contributed by atoms with Gasteiger partial charge in [0.1, 0.15) is 0 Å². The molecule has 0 aromatic heterocycles. The van der Waals surface area contributed by atoms with Crippen molar-refractivity contribution in [3.05, 3.63) is 29.3 Å². The number of nitrogens with one attached hydrogen (secondary N) is 1. The average molecular weight is 190 g/mol. The maximum absolute atomic E-state index is 11.0. The average Bonchev–Trinajstić information content (AvgIpc) is 2.16. The molecule has 1 atom stereocenters. The van der Waals surface area contributed by atoms with Crippen LogP contribution in [-0.4, -0.2) is 11.9 Å². The third kappa shape index (κ3) is 1.58. The minimum Gasteiger partial charge on any atom is -0.382 e. The summed E-state index contributed by atoms with van der Waals surface area (Å²) in [7, 11) is 0. The fraction of sp³-hybridized carbons (Fsp3) is 0.364. The lowest BCUT2D eigenvalue weighted by Gasteiger charge is -2.24. The standard InChI is InChI=1S/C11H14N2O/c1-7-2-3-8-6-9(11(12)14)4-5-10(8)13-7/h4-7,13H,2-3H2,1H3,(H2,12,14)/t7-/m0/s1. The molecule has 0 radical (unpaired) electrons. The second kappa shape index (κ2) is 3.33. The summed E-state index contributed by atoms with van der Waals surface area (Å²) in [4.78, 5) is 11.0. The zero-order valence-corrected chi connectivity index (χ0v) is 8.21. The van der Waals surface area contributed by atoms with Crippen LogP contribution in [0.15, 0.2) is 18.2 Å². The third-order valence-corrected chi connectivity index (χ3v) is 2.64. The van der Waals surface area contributed by atoms with E-state index in [1.807, 2.05) is 12.1 Å². The molecular formula is C11H14N2O. The molecule has 0 fully saturated rings. The topological polar surface area (TPSA) is 55.1 Å². The van der Waals surface area contributed by atoms with Crippen molar-refractivity contribution < 1.29 is 4.79 Å². The summed E-state index contributed by atoms with van der Waals surface area (Å²) in [5, 5.41) is 3.37. The first-order chi connectivity index (χ1) is 6.66. The number of nitrogens with two attached hydrogens (primary N) is 1. The number of aryl methyl sites for hydroxylation is 1. The number of anilines is 1. The first-order valence-electron chi connectivity index (χ1n) is 4.86. The van der Waals surface area contributed by atoms with E-state index in [0.29, 0.717) is 11.6 Å².